The largest absolute Gasteiger partial charge is 0.491 e. The van der Waals surface area contributed by atoms with Gasteiger partial charge >= 0.3 is 0 Å². The van der Waals surface area contributed by atoms with Crippen LogP contribution in [0.25, 0.3) is 0 Å². The third kappa shape index (κ3) is 3.20. The van der Waals surface area contributed by atoms with Crippen LogP contribution in [0.15, 0.2) is 18.2 Å². The van der Waals surface area contributed by atoms with E-state index in [0.717, 1.165) is 6.42 Å². The van der Waals surface area contributed by atoms with Crippen molar-refractivity contribution in [3.05, 3.63) is 29.6 Å². The van der Waals surface area contributed by atoms with Crippen LogP contribution < -0.4 is 4.74 Å². The number of ether oxygens (including phenoxy) is 1. The van der Waals surface area contributed by atoms with Gasteiger partial charge in [0.15, 0.2) is 0 Å². The Morgan fingerprint density at radius 3 is 2.53 bits per heavy atom. The van der Waals surface area contributed by atoms with Crippen molar-refractivity contribution in [2.24, 2.45) is 0 Å². The van der Waals surface area contributed by atoms with E-state index in [1.54, 1.807) is 12.1 Å². The molecule has 0 saturated heterocycles. The molecule has 15 heavy (non-hydrogen) atoms. The molecule has 2 nitrogen and oxygen atoms in total. The Bertz CT molecular complexity index is 323. The molecule has 0 amide bonds. The summed E-state index contributed by atoms with van der Waals surface area (Å²) in [7, 11) is 0. The summed E-state index contributed by atoms with van der Waals surface area (Å²) in [5, 5.41) is 9.24. The van der Waals surface area contributed by atoms with Gasteiger partial charge in [-0.15, -0.1) is 0 Å². The maximum Gasteiger partial charge on any atom is 0.132 e. The fraction of sp³-hybridized carbons (Fsp3) is 0.500. The molecule has 2 atom stereocenters. The van der Waals surface area contributed by atoms with Crippen LogP contribution in [0.5, 0.6) is 5.75 Å². The minimum absolute atomic E-state index is 0.0711. The van der Waals surface area contributed by atoms with Gasteiger partial charge in [-0.3, -0.25) is 0 Å². The second kappa shape index (κ2) is 5.12. The van der Waals surface area contributed by atoms with Gasteiger partial charge < -0.3 is 9.84 Å². The van der Waals surface area contributed by atoms with Gasteiger partial charge in [-0.25, -0.2) is 4.39 Å². The maximum atomic E-state index is 13.4. The van der Waals surface area contributed by atoms with E-state index in [1.807, 2.05) is 13.8 Å². The Morgan fingerprint density at radius 2 is 2.07 bits per heavy atom. The van der Waals surface area contributed by atoms with Crippen molar-refractivity contribution in [1.29, 1.82) is 0 Å². The highest BCUT2D eigenvalue weighted by molar-refractivity contribution is 5.30. The molecule has 1 aromatic rings. The standard InChI is InChI=1S/C12H17FO2/c1-4-8(2)15-10-5-6-11(9(3)14)12(13)7-10/h5-9,14H,4H2,1-3H3/t8?,9-/m1/s1. The number of aliphatic hydroxyl groups excluding tert-OH is 1. The number of benzene rings is 1. The van der Waals surface area contributed by atoms with Crippen molar-refractivity contribution in [2.75, 3.05) is 0 Å². The first-order chi connectivity index (χ1) is 7.04. The first-order valence-corrected chi connectivity index (χ1v) is 5.18. The van der Waals surface area contributed by atoms with E-state index in [9.17, 15) is 9.50 Å². The Hall–Kier alpha value is -1.09. The number of halogens is 1. The zero-order valence-corrected chi connectivity index (χ0v) is 9.33. The van der Waals surface area contributed by atoms with Gasteiger partial charge in [0.25, 0.3) is 0 Å². The lowest BCUT2D eigenvalue weighted by Crippen LogP contribution is -2.10. The van der Waals surface area contributed by atoms with Gasteiger partial charge in [0, 0.05) is 11.6 Å². The Balaban J connectivity index is 2.82. The summed E-state index contributed by atoms with van der Waals surface area (Å²) >= 11 is 0. The molecule has 0 aliphatic rings. The van der Waals surface area contributed by atoms with Crippen LogP contribution in [0.2, 0.25) is 0 Å². The SMILES string of the molecule is CCC(C)Oc1ccc([C@@H](C)O)c(F)c1. The van der Waals surface area contributed by atoms with E-state index >= 15 is 0 Å². The van der Waals surface area contributed by atoms with Crippen molar-refractivity contribution in [2.45, 2.75) is 39.4 Å². The summed E-state index contributed by atoms with van der Waals surface area (Å²) in [6.07, 6.45) is 0.157. The molecule has 0 bridgehead atoms. The summed E-state index contributed by atoms with van der Waals surface area (Å²) in [6, 6.07) is 4.54. The smallest absolute Gasteiger partial charge is 0.132 e. The highest BCUT2D eigenvalue weighted by Crippen LogP contribution is 2.22. The Morgan fingerprint density at radius 1 is 1.40 bits per heavy atom. The molecule has 84 valence electrons. The molecule has 0 aliphatic carbocycles. The van der Waals surface area contributed by atoms with Crippen LogP contribution in [0.3, 0.4) is 0 Å². The molecule has 1 unspecified atom stereocenters. The van der Waals surface area contributed by atoms with Crippen LogP contribution in [-0.2, 0) is 0 Å². The van der Waals surface area contributed by atoms with Gasteiger partial charge in [-0.1, -0.05) is 6.92 Å². The Kier molecular flexibility index (Phi) is 4.09. The average Bonchev–Trinajstić information content (AvgIpc) is 2.17. The van der Waals surface area contributed by atoms with Gasteiger partial charge in [-0.05, 0) is 32.4 Å². The molecule has 1 N–H and O–H groups in total. The molecule has 0 radical (unpaired) electrons. The highest BCUT2D eigenvalue weighted by atomic mass is 19.1. The summed E-state index contributed by atoms with van der Waals surface area (Å²) in [5.41, 5.74) is 0.298. The lowest BCUT2D eigenvalue weighted by Gasteiger charge is -2.14. The van der Waals surface area contributed by atoms with Crippen molar-refractivity contribution >= 4 is 0 Å². The number of rotatable bonds is 4. The third-order valence-corrected chi connectivity index (χ3v) is 2.33. The molecule has 3 heteroatoms. The third-order valence-electron chi connectivity index (χ3n) is 2.33. The van der Waals surface area contributed by atoms with E-state index in [2.05, 4.69) is 0 Å². The molecule has 0 spiro atoms. The molecule has 0 aromatic heterocycles. The maximum absolute atomic E-state index is 13.4. The summed E-state index contributed by atoms with van der Waals surface area (Å²) in [6.45, 7) is 5.47. The van der Waals surface area contributed by atoms with Crippen molar-refractivity contribution in [3.8, 4) is 5.75 Å². The predicted octanol–water partition coefficient (Wildman–Crippen LogP) is 3.06. The fourth-order valence-corrected chi connectivity index (χ4v) is 1.24. The second-order valence-electron chi connectivity index (χ2n) is 3.70. The van der Waals surface area contributed by atoms with Gasteiger partial charge in [0.2, 0.25) is 0 Å². The van der Waals surface area contributed by atoms with E-state index in [0.29, 0.717) is 11.3 Å². The average molecular weight is 212 g/mol. The van der Waals surface area contributed by atoms with Crippen molar-refractivity contribution in [3.63, 3.8) is 0 Å². The minimum Gasteiger partial charge on any atom is -0.491 e. The van der Waals surface area contributed by atoms with Crippen LogP contribution in [0.4, 0.5) is 4.39 Å². The lowest BCUT2D eigenvalue weighted by molar-refractivity contribution is 0.192. The molecule has 1 rings (SSSR count). The summed E-state index contributed by atoms with van der Waals surface area (Å²) in [5.74, 6) is 0.0806. The first-order valence-electron chi connectivity index (χ1n) is 5.18. The van der Waals surface area contributed by atoms with Gasteiger partial charge in [-0.2, -0.15) is 0 Å². The monoisotopic (exact) mass is 212 g/mol. The van der Waals surface area contributed by atoms with Crippen LogP contribution in [-0.4, -0.2) is 11.2 Å². The predicted molar refractivity (Wildman–Crippen MR) is 57.4 cm³/mol. The van der Waals surface area contributed by atoms with E-state index in [1.165, 1.54) is 13.0 Å². The summed E-state index contributed by atoms with van der Waals surface area (Å²) in [4.78, 5) is 0. The topological polar surface area (TPSA) is 29.5 Å². The molecule has 0 fully saturated rings. The summed E-state index contributed by atoms with van der Waals surface area (Å²) < 4.78 is 18.9. The van der Waals surface area contributed by atoms with E-state index < -0.39 is 11.9 Å². The van der Waals surface area contributed by atoms with E-state index in [4.69, 9.17) is 4.74 Å². The van der Waals surface area contributed by atoms with E-state index in [-0.39, 0.29) is 6.10 Å². The van der Waals surface area contributed by atoms with Crippen LogP contribution in [0, 0.1) is 5.82 Å². The lowest BCUT2D eigenvalue weighted by atomic mass is 10.1. The first kappa shape index (κ1) is 12.0. The zero-order valence-electron chi connectivity index (χ0n) is 9.33. The minimum atomic E-state index is -0.789. The van der Waals surface area contributed by atoms with Crippen LogP contribution in [0.1, 0.15) is 38.9 Å². The Labute approximate surface area is 89.7 Å². The quantitative estimate of drug-likeness (QED) is 0.831. The number of aliphatic hydroxyl groups is 1. The zero-order chi connectivity index (χ0) is 11.4. The normalized spacial score (nSPS) is 14.7. The fourth-order valence-electron chi connectivity index (χ4n) is 1.24. The number of hydrogen-bond donors (Lipinski definition) is 1. The molecular weight excluding hydrogens is 195 g/mol. The molecule has 0 aliphatic heterocycles. The molecule has 0 heterocycles. The highest BCUT2D eigenvalue weighted by Gasteiger charge is 2.09. The van der Waals surface area contributed by atoms with Crippen LogP contribution >= 0.6 is 0 Å². The molecule has 0 saturated carbocycles. The molecular formula is C12H17FO2. The molecule has 1 aromatic carbocycles. The second-order valence-corrected chi connectivity index (χ2v) is 3.70. The number of hydrogen-bond acceptors (Lipinski definition) is 2. The van der Waals surface area contributed by atoms with Crippen molar-refractivity contribution in [1.82, 2.24) is 0 Å². The van der Waals surface area contributed by atoms with Gasteiger partial charge in [0.1, 0.15) is 11.6 Å². The van der Waals surface area contributed by atoms with Crippen molar-refractivity contribution < 1.29 is 14.2 Å². The van der Waals surface area contributed by atoms with Gasteiger partial charge in [0.05, 0.1) is 12.2 Å².